The summed E-state index contributed by atoms with van der Waals surface area (Å²) in [6.07, 6.45) is 3.10. The quantitative estimate of drug-likeness (QED) is 0.847. The minimum absolute atomic E-state index is 0.180. The fourth-order valence-electron chi connectivity index (χ4n) is 1.51. The van der Waals surface area contributed by atoms with Gasteiger partial charge in [0, 0.05) is 25.1 Å². The molecule has 0 spiro atoms. The van der Waals surface area contributed by atoms with Crippen LogP contribution in [0.1, 0.15) is 19.4 Å². The van der Waals surface area contributed by atoms with Gasteiger partial charge in [0.05, 0.1) is 18.4 Å². The van der Waals surface area contributed by atoms with Crippen LogP contribution in [0, 0.1) is 11.8 Å². The van der Waals surface area contributed by atoms with Gasteiger partial charge in [-0.2, -0.15) is 0 Å². The summed E-state index contributed by atoms with van der Waals surface area (Å²) in [6.45, 7) is 3.59. The molecule has 2 unspecified atom stereocenters. The molecular weight excluding hydrogens is 222 g/mol. The van der Waals surface area contributed by atoms with E-state index in [2.05, 4.69) is 0 Å². The second-order valence-electron chi connectivity index (χ2n) is 4.24. The van der Waals surface area contributed by atoms with E-state index in [4.69, 9.17) is 9.52 Å². The molecule has 0 aromatic carbocycles. The molecule has 1 heterocycles. The predicted molar refractivity (Wildman–Crippen MR) is 61.1 cm³/mol. The molecule has 5 heteroatoms. The first-order valence-corrected chi connectivity index (χ1v) is 5.42. The highest BCUT2D eigenvalue weighted by Crippen LogP contribution is 2.15. The Balaban J connectivity index is 2.60. The molecule has 0 saturated heterocycles. The van der Waals surface area contributed by atoms with Crippen molar-refractivity contribution in [3.63, 3.8) is 0 Å². The summed E-state index contributed by atoms with van der Waals surface area (Å²) in [6, 6.07) is 1.77. The largest absolute Gasteiger partial charge is 0.481 e. The van der Waals surface area contributed by atoms with Gasteiger partial charge < -0.3 is 14.4 Å². The summed E-state index contributed by atoms with van der Waals surface area (Å²) in [7, 11) is 1.65. The minimum atomic E-state index is -0.956. The molecule has 0 aliphatic heterocycles. The molecule has 0 aliphatic carbocycles. The molecule has 0 aliphatic rings. The Morgan fingerprint density at radius 1 is 1.41 bits per heavy atom. The number of carboxylic acids is 1. The van der Waals surface area contributed by atoms with Crippen molar-refractivity contribution in [2.75, 3.05) is 7.05 Å². The lowest BCUT2D eigenvalue weighted by molar-refractivity contribution is -0.148. The lowest BCUT2D eigenvalue weighted by Gasteiger charge is -2.22. The summed E-state index contributed by atoms with van der Waals surface area (Å²) >= 11 is 0. The van der Waals surface area contributed by atoms with Crippen molar-refractivity contribution < 1.29 is 19.1 Å². The molecular formula is C12H17NO4. The number of carbonyl (C=O) groups excluding carboxylic acids is 1. The summed E-state index contributed by atoms with van der Waals surface area (Å²) in [5.41, 5.74) is 0.885. The van der Waals surface area contributed by atoms with E-state index < -0.39 is 17.8 Å². The summed E-state index contributed by atoms with van der Waals surface area (Å²) < 4.78 is 4.91. The Bertz CT molecular complexity index is 385. The number of nitrogens with zero attached hydrogens (tertiary/aromatic N) is 1. The van der Waals surface area contributed by atoms with E-state index in [9.17, 15) is 9.59 Å². The number of rotatable bonds is 5. The van der Waals surface area contributed by atoms with E-state index in [1.54, 1.807) is 26.3 Å². The van der Waals surface area contributed by atoms with Crippen molar-refractivity contribution in [2.45, 2.75) is 20.4 Å². The van der Waals surface area contributed by atoms with Gasteiger partial charge in [0.1, 0.15) is 0 Å². The van der Waals surface area contributed by atoms with Gasteiger partial charge in [-0.3, -0.25) is 9.59 Å². The lowest BCUT2D eigenvalue weighted by Crippen LogP contribution is -2.36. The first-order valence-electron chi connectivity index (χ1n) is 5.42. The topological polar surface area (TPSA) is 70.8 Å². The first kappa shape index (κ1) is 13.3. The molecule has 0 radical (unpaired) electrons. The first-order chi connectivity index (χ1) is 7.93. The van der Waals surface area contributed by atoms with Crippen molar-refractivity contribution in [1.82, 2.24) is 4.90 Å². The average Bonchev–Trinajstić information content (AvgIpc) is 2.78. The zero-order valence-corrected chi connectivity index (χ0v) is 10.2. The highest BCUT2D eigenvalue weighted by atomic mass is 16.4. The molecule has 1 N–H and O–H groups in total. The average molecular weight is 239 g/mol. The molecule has 1 aromatic heterocycles. The fraction of sp³-hybridized carbons (Fsp3) is 0.500. The van der Waals surface area contributed by atoms with Crippen molar-refractivity contribution in [1.29, 1.82) is 0 Å². The van der Waals surface area contributed by atoms with E-state index in [0.717, 1.165) is 5.56 Å². The second kappa shape index (κ2) is 5.52. The van der Waals surface area contributed by atoms with Crippen LogP contribution in [-0.4, -0.2) is 28.9 Å². The number of hydrogen-bond acceptors (Lipinski definition) is 3. The minimum Gasteiger partial charge on any atom is -0.481 e. The van der Waals surface area contributed by atoms with Crippen LogP contribution in [-0.2, 0) is 16.1 Å². The Labute approximate surface area is 100 Å². The van der Waals surface area contributed by atoms with E-state index in [1.807, 2.05) is 0 Å². The number of carbonyl (C=O) groups is 2. The lowest BCUT2D eigenvalue weighted by atomic mass is 9.95. The molecule has 0 fully saturated rings. The predicted octanol–water partition coefficient (Wildman–Crippen LogP) is 1.59. The van der Waals surface area contributed by atoms with Crippen LogP contribution in [0.25, 0.3) is 0 Å². The molecule has 1 rings (SSSR count). The standard InChI is InChI=1S/C12H17NO4/c1-8(9(2)12(15)16)11(14)13(3)6-10-4-5-17-7-10/h4-5,7-9H,6H2,1-3H3,(H,15,16). The summed E-state index contributed by atoms with van der Waals surface area (Å²) in [4.78, 5) is 24.3. The Hall–Kier alpha value is -1.78. The van der Waals surface area contributed by atoms with Crippen LogP contribution >= 0.6 is 0 Å². The van der Waals surface area contributed by atoms with E-state index in [0.29, 0.717) is 6.54 Å². The van der Waals surface area contributed by atoms with Gasteiger partial charge in [-0.25, -0.2) is 0 Å². The third-order valence-corrected chi connectivity index (χ3v) is 2.91. The molecule has 2 atom stereocenters. The second-order valence-corrected chi connectivity index (χ2v) is 4.24. The molecule has 94 valence electrons. The van der Waals surface area contributed by atoms with Gasteiger partial charge in [-0.05, 0) is 6.07 Å². The maximum atomic E-state index is 11.9. The van der Waals surface area contributed by atoms with Crippen molar-refractivity contribution in [3.05, 3.63) is 24.2 Å². The van der Waals surface area contributed by atoms with E-state index >= 15 is 0 Å². The summed E-state index contributed by atoms with van der Waals surface area (Å²) in [5.74, 6) is -2.36. The third kappa shape index (κ3) is 3.34. The maximum absolute atomic E-state index is 11.9. The van der Waals surface area contributed by atoms with Crippen LogP contribution in [0.5, 0.6) is 0 Å². The summed E-state index contributed by atoms with van der Waals surface area (Å²) in [5, 5.41) is 8.85. The third-order valence-electron chi connectivity index (χ3n) is 2.91. The highest BCUT2D eigenvalue weighted by molar-refractivity contribution is 5.84. The fourth-order valence-corrected chi connectivity index (χ4v) is 1.51. The van der Waals surface area contributed by atoms with Gasteiger partial charge >= 0.3 is 5.97 Å². The van der Waals surface area contributed by atoms with Crippen molar-refractivity contribution >= 4 is 11.9 Å². The van der Waals surface area contributed by atoms with Gasteiger partial charge in [-0.1, -0.05) is 13.8 Å². The van der Waals surface area contributed by atoms with Crippen LogP contribution in [0.4, 0.5) is 0 Å². The number of aliphatic carboxylic acids is 1. The molecule has 1 aromatic rings. The number of furan rings is 1. The monoisotopic (exact) mass is 239 g/mol. The molecule has 0 bridgehead atoms. The number of amides is 1. The van der Waals surface area contributed by atoms with Crippen LogP contribution < -0.4 is 0 Å². The molecule has 0 saturated carbocycles. The zero-order chi connectivity index (χ0) is 13.0. The van der Waals surface area contributed by atoms with Crippen molar-refractivity contribution in [2.24, 2.45) is 11.8 Å². The van der Waals surface area contributed by atoms with Gasteiger partial charge in [0.2, 0.25) is 5.91 Å². The van der Waals surface area contributed by atoms with Crippen LogP contribution in [0.15, 0.2) is 23.0 Å². The molecule has 1 amide bonds. The number of hydrogen-bond donors (Lipinski definition) is 1. The van der Waals surface area contributed by atoms with E-state index in [-0.39, 0.29) is 5.91 Å². The smallest absolute Gasteiger partial charge is 0.307 e. The Kier molecular flexibility index (Phi) is 4.31. The SMILES string of the molecule is CC(C(=O)O)C(C)C(=O)N(C)Cc1ccoc1. The molecule has 17 heavy (non-hydrogen) atoms. The van der Waals surface area contributed by atoms with E-state index in [1.165, 1.54) is 18.1 Å². The number of carboxylic acid groups (broad SMARTS) is 1. The highest BCUT2D eigenvalue weighted by Gasteiger charge is 2.27. The Morgan fingerprint density at radius 2 is 2.06 bits per heavy atom. The van der Waals surface area contributed by atoms with Gasteiger partial charge in [0.15, 0.2) is 0 Å². The normalized spacial score (nSPS) is 14.1. The zero-order valence-electron chi connectivity index (χ0n) is 10.2. The maximum Gasteiger partial charge on any atom is 0.307 e. The van der Waals surface area contributed by atoms with Crippen molar-refractivity contribution in [3.8, 4) is 0 Å². The van der Waals surface area contributed by atoms with Crippen LogP contribution in [0.2, 0.25) is 0 Å². The Morgan fingerprint density at radius 3 is 2.53 bits per heavy atom. The van der Waals surface area contributed by atoms with Gasteiger partial charge in [0.25, 0.3) is 0 Å². The molecule has 5 nitrogen and oxygen atoms in total. The van der Waals surface area contributed by atoms with Gasteiger partial charge in [-0.15, -0.1) is 0 Å². The van der Waals surface area contributed by atoms with Crippen LogP contribution in [0.3, 0.4) is 0 Å².